The van der Waals surface area contributed by atoms with Crippen LogP contribution in [-0.2, 0) is 11.3 Å². The Balaban J connectivity index is 1.73. The first-order valence-electron chi connectivity index (χ1n) is 6.29. The van der Waals surface area contributed by atoms with Gasteiger partial charge in [-0.2, -0.15) is 0 Å². The predicted molar refractivity (Wildman–Crippen MR) is 70.4 cm³/mol. The third-order valence-corrected chi connectivity index (χ3v) is 3.93. The summed E-state index contributed by atoms with van der Waals surface area (Å²) in [5.74, 6) is 0.718. The molecule has 2 aliphatic rings. The topological polar surface area (TPSA) is 20.3 Å². The second-order valence-corrected chi connectivity index (χ2v) is 6.02. The number of rotatable bonds is 4. The second-order valence-electron chi connectivity index (χ2n) is 5.10. The van der Waals surface area contributed by atoms with Gasteiger partial charge in [0.25, 0.3) is 0 Å². The highest BCUT2D eigenvalue weighted by Crippen LogP contribution is 2.36. The largest absolute Gasteiger partial charge is 0.335 e. The minimum atomic E-state index is 0.336. The molecule has 2 aliphatic carbocycles. The molecule has 0 bridgehead atoms. The second kappa shape index (κ2) is 4.45. The van der Waals surface area contributed by atoms with E-state index < -0.39 is 0 Å². The van der Waals surface area contributed by atoms with E-state index in [2.05, 4.69) is 33.0 Å². The molecule has 90 valence electrons. The van der Waals surface area contributed by atoms with Gasteiger partial charge in [-0.05, 0) is 43.4 Å². The molecule has 0 N–H and O–H groups in total. The first kappa shape index (κ1) is 11.3. The van der Waals surface area contributed by atoms with E-state index in [0.29, 0.717) is 17.9 Å². The average molecular weight is 294 g/mol. The van der Waals surface area contributed by atoms with E-state index in [1.165, 1.54) is 18.4 Å². The Hall–Kier alpha value is -0.830. The molecule has 0 unspecified atom stereocenters. The highest BCUT2D eigenvalue weighted by molar-refractivity contribution is 9.10. The van der Waals surface area contributed by atoms with Crippen molar-refractivity contribution in [3.8, 4) is 0 Å². The van der Waals surface area contributed by atoms with Gasteiger partial charge in [-0.15, -0.1) is 0 Å². The van der Waals surface area contributed by atoms with Crippen LogP contribution in [0, 0.1) is 5.92 Å². The van der Waals surface area contributed by atoms with Gasteiger partial charge in [-0.3, -0.25) is 4.79 Å². The summed E-state index contributed by atoms with van der Waals surface area (Å²) >= 11 is 3.48. The lowest BCUT2D eigenvalue weighted by Crippen LogP contribution is -2.33. The zero-order chi connectivity index (χ0) is 11.8. The number of carbonyl (C=O) groups is 1. The molecule has 3 rings (SSSR count). The lowest BCUT2D eigenvalue weighted by molar-refractivity contribution is -0.133. The Labute approximate surface area is 110 Å². The van der Waals surface area contributed by atoms with Crippen LogP contribution in [-0.4, -0.2) is 16.8 Å². The molecule has 1 aromatic carbocycles. The van der Waals surface area contributed by atoms with Gasteiger partial charge >= 0.3 is 0 Å². The lowest BCUT2D eigenvalue weighted by atomic mass is 10.2. The van der Waals surface area contributed by atoms with Crippen LogP contribution in [0.25, 0.3) is 0 Å². The fourth-order valence-corrected chi connectivity index (χ4v) is 2.62. The summed E-state index contributed by atoms with van der Waals surface area (Å²) in [6.45, 7) is 0.777. The first-order valence-corrected chi connectivity index (χ1v) is 7.08. The van der Waals surface area contributed by atoms with Crippen LogP contribution in [0.2, 0.25) is 0 Å². The van der Waals surface area contributed by atoms with Crippen LogP contribution in [0.5, 0.6) is 0 Å². The highest BCUT2D eigenvalue weighted by Gasteiger charge is 2.39. The van der Waals surface area contributed by atoms with Crippen LogP contribution < -0.4 is 0 Å². The fourth-order valence-electron chi connectivity index (χ4n) is 2.17. The predicted octanol–water partition coefficient (Wildman–Crippen LogP) is 3.35. The van der Waals surface area contributed by atoms with Crippen LogP contribution in [0.4, 0.5) is 0 Å². The molecular weight excluding hydrogens is 278 g/mol. The van der Waals surface area contributed by atoms with E-state index in [-0.39, 0.29) is 0 Å². The van der Waals surface area contributed by atoms with Gasteiger partial charge < -0.3 is 4.90 Å². The molecule has 2 saturated carbocycles. The number of hydrogen-bond acceptors (Lipinski definition) is 1. The van der Waals surface area contributed by atoms with Gasteiger partial charge in [0, 0.05) is 23.0 Å². The molecular formula is C14H16BrNO. The monoisotopic (exact) mass is 293 g/mol. The summed E-state index contributed by atoms with van der Waals surface area (Å²) in [4.78, 5) is 14.3. The van der Waals surface area contributed by atoms with Crippen molar-refractivity contribution in [2.24, 2.45) is 5.92 Å². The van der Waals surface area contributed by atoms with Gasteiger partial charge in [0.05, 0.1) is 0 Å². The third-order valence-electron chi connectivity index (χ3n) is 3.44. The zero-order valence-corrected chi connectivity index (χ0v) is 11.3. The average Bonchev–Trinajstić information content (AvgIpc) is 3.18. The Morgan fingerprint density at radius 3 is 2.65 bits per heavy atom. The minimum Gasteiger partial charge on any atom is -0.335 e. The Bertz CT molecular complexity index is 438. The number of nitrogens with zero attached hydrogens (tertiary/aromatic N) is 1. The van der Waals surface area contributed by atoms with E-state index in [1.54, 1.807) is 0 Å². The van der Waals surface area contributed by atoms with Crippen LogP contribution in [0.1, 0.15) is 31.2 Å². The number of carbonyl (C=O) groups excluding carboxylic acids is 1. The van der Waals surface area contributed by atoms with Gasteiger partial charge in [-0.1, -0.05) is 28.1 Å². The van der Waals surface area contributed by atoms with Crippen molar-refractivity contribution in [3.05, 3.63) is 34.3 Å². The molecule has 0 saturated heterocycles. The number of hydrogen-bond donors (Lipinski definition) is 0. The van der Waals surface area contributed by atoms with Crippen molar-refractivity contribution in [1.82, 2.24) is 4.90 Å². The number of benzene rings is 1. The summed E-state index contributed by atoms with van der Waals surface area (Å²) in [6, 6.07) is 8.78. The van der Waals surface area contributed by atoms with Crippen molar-refractivity contribution >= 4 is 21.8 Å². The standard InChI is InChI=1S/C14H16BrNO/c15-12-3-1-2-10(8-12)9-16(13-6-7-13)14(17)11-4-5-11/h1-3,8,11,13H,4-7,9H2. The number of halogens is 1. The molecule has 2 fully saturated rings. The van der Waals surface area contributed by atoms with Crippen molar-refractivity contribution in [3.63, 3.8) is 0 Å². The van der Waals surface area contributed by atoms with Crippen LogP contribution in [0.3, 0.4) is 0 Å². The summed E-state index contributed by atoms with van der Waals surface area (Å²) in [5, 5.41) is 0. The van der Waals surface area contributed by atoms with Crippen molar-refractivity contribution in [2.45, 2.75) is 38.3 Å². The maximum Gasteiger partial charge on any atom is 0.226 e. The lowest BCUT2D eigenvalue weighted by Gasteiger charge is -2.22. The third kappa shape index (κ3) is 2.71. The molecule has 17 heavy (non-hydrogen) atoms. The van der Waals surface area contributed by atoms with E-state index in [4.69, 9.17) is 0 Å². The smallest absolute Gasteiger partial charge is 0.226 e. The molecule has 0 aliphatic heterocycles. The molecule has 3 heteroatoms. The van der Waals surface area contributed by atoms with Crippen molar-refractivity contribution in [1.29, 1.82) is 0 Å². The molecule has 0 radical (unpaired) electrons. The Kier molecular flexibility index (Phi) is 2.95. The molecule has 1 aromatic rings. The minimum absolute atomic E-state index is 0.336. The van der Waals surface area contributed by atoms with Crippen molar-refractivity contribution < 1.29 is 4.79 Å². The molecule has 0 spiro atoms. The fraction of sp³-hybridized carbons (Fsp3) is 0.500. The van der Waals surface area contributed by atoms with E-state index in [0.717, 1.165) is 23.9 Å². The molecule has 0 heterocycles. The van der Waals surface area contributed by atoms with Crippen LogP contribution in [0.15, 0.2) is 28.7 Å². The summed E-state index contributed by atoms with van der Waals surface area (Å²) in [5.41, 5.74) is 1.22. The maximum atomic E-state index is 12.2. The van der Waals surface area contributed by atoms with E-state index >= 15 is 0 Å². The quantitative estimate of drug-likeness (QED) is 0.834. The van der Waals surface area contributed by atoms with Crippen molar-refractivity contribution in [2.75, 3.05) is 0 Å². The normalized spacial score (nSPS) is 19.1. The molecule has 1 amide bonds. The van der Waals surface area contributed by atoms with E-state index in [9.17, 15) is 4.79 Å². The van der Waals surface area contributed by atoms with Gasteiger partial charge in [-0.25, -0.2) is 0 Å². The Morgan fingerprint density at radius 1 is 1.29 bits per heavy atom. The Morgan fingerprint density at radius 2 is 2.06 bits per heavy atom. The zero-order valence-electron chi connectivity index (χ0n) is 9.73. The number of amides is 1. The van der Waals surface area contributed by atoms with Gasteiger partial charge in [0.15, 0.2) is 0 Å². The highest BCUT2D eigenvalue weighted by atomic mass is 79.9. The summed E-state index contributed by atoms with van der Waals surface area (Å²) in [6.07, 6.45) is 4.57. The van der Waals surface area contributed by atoms with Gasteiger partial charge in [0.2, 0.25) is 5.91 Å². The molecule has 0 aromatic heterocycles. The maximum absolute atomic E-state index is 12.2. The summed E-state index contributed by atoms with van der Waals surface area (Å²) < 4.78 is 1.09. The van der Waals surface area contributed by atoms with E-state index in [1.807, 2.05) is 12.1 Å². The SMILES string of the molecule is O=C(C1CC1)N(Cc1cccc(Br)c1)C1CC1. The van der Waals surface area contributed by atoms with Gasteiger partial charge in [0.1, 0.15) is 0 Å². The first-order chi connectivity index (χ1) is 8.24. The molecule has 0 atom stereocenters. The van der Waals surface area contributed by atoms with Crippen LogP contribution >= 0.6 is 15.9 Å². The summed E-state index contributed by atoms with van der Waals surface area (Å²) in [7, 11) is 0. The molecule has 2 nitrogen and oxygen atoms in total.